The van der Waals surface area contributed by atoms with Crippen LogP contribution in [0.1, 0.15) is 24.2 Å². The second kappa shape index (κ2) is 5.27. The zero-order valence-electron chi connectivity index (χ0n) is 11.4. The maximum Gasteiger partial charge on any atom is 0.155 e. The Balaban J connectivity index is 1.77. The van der Waals surface area contributed by atoms with Crippen LogP contribution >= 0.6 is 0 Å². The first kappa shape index (κ1) is 12.6. The van der Waals surface area contributed by atoms with Crippen LogP contribution < -0.4 is 5.73 Å². The van der Waals surface area contributed by atoms with E-state index in [-0.39, 0.29) is 0 Å². The molecule has 102 valence electrons. The molecule has 1 fully saturated rings. The van der Waals surface area contributed by atoms with Gasteiger partial charge < -0.3 is 10.6 Å². The highest BCUT2D eigenvalue weighted by Gasteiger charge is 2.19. The molecule has 2 aromatic heterocycles. The van der Waals surface area contributed by atoms with Gasteiger partial charge in [-0.2, -0.15) is 5.10 Å². The van der Waals surface area contributed by atoms with Gasteiger partial charge in [0.15, 0.2) is 11.5 Å². The van der Waals surface area contributed by atoms with Crippen LogP contribution in [0.3, 0.4) is 0 Å². The second-order valence-electron chi connectivity index (χ2n) is 5.54. The molecule has 0 bridgehead atoms. The lowest BCUT2D eigenvalue weighted by molar-refractivity contribution is 0.207. The van der Waals surface area contributed by atoms with Gasteiger partial charge in [0, 0.05) is 25.7 Å². The van der Waals surface area contributed by atoms with Gasteiger partial charge in [-0.1, -0.05) is 0 Å². The molecule has 0 aliphatic carbocycles. The summed E-state index contributed by atoms with van der Waals surface area (Å²) in [6, 6.07) is 4.02. The van der Waals surface area contributed by atoms with E-state index in [9.17, 15) is 0 Å². The standard InChI is InChI=1S/C14H21N5/c1-18-5-2-3-12(10-18)7-13-16-14-8-11(9-15)4-6-19(14)17-13/h4,6,8,12H,2-3,5,7,9-10,15H2,1H3. The summed E-state index contributed by atoms with van der Waals surface area (Å²) in [4.78, 5) is 7.02. The molecule has 5 heteroatoms. The SMILES string of the molecule is CN1CCCC(Cc2nc3cc(CN)ccn3n2)C1. The third-order valence-corrected chi connectivity index (χ3v) is 3.87. The third kappa shape index (κ3) is 2.77. The Morgan fingerprint density at radius 1 is 1.47 bits per heavy atom. The molecule has 0 radical (unpaired) electrons. The van der Waals surface area contributed by atoms with Crippen molar-refractivity contribution in [3.8, 4) is 0 Å². The van der Waals surface area contributed by atoms with Crippen molar-refractivity contribution in [1.29, 1.82) is 0 Å². The molecule has 1 aliphatic rings. The molecule has 5 nitrogen and oxygen atoms in total. The number of hydrogen-bond acceptors (Lipinski definition) is 4. The highest BCUT2D eigenvalue weighted by molar-refractivity contribution is 5.40. The third-order valence-electron chi connectivity index (χ3n) is 3.87. The van der Waals surface area contributed by atoms with Crippen molar-refractivity contribution >= 4 is 5.65 Å². The van der Waals surface area contributed by atoms with Crippen LogP contribution in [0.25, 0.3) is 5.65 Å². The van der Waals surface area contributed by atoms with E-state index < -0.39 is 0 Å². The lowest BCUT2D eigenvalue weighted by Gasteiger charge is -2.28. The molecule has 1 atom stereocenters. The zero-order chi connectivity index (χ0) is 13.2. The van der Waals surface area contributed by atoms with Gasteiger partial charge in [0.05, 0.1) is 0 Å². The van der Waals surface area contributed by atoms with E-state index in [0.29, 0.717) is 12.5 Å². The molecule has 1 saturated heterocycles. The number of piperidine rings is 1. The fraction of sp³-hybridized carbons (Fsp3) is 0.571. The summed E-state index contributed by atoms with van der Waals surface area (Å²) in [5, 5.41) is 4.55. The molecule has 0 aromatic carbocycles. The van der Waals surface area contributed by atoms with Crippen molar-refractivity contribution in [1.82, 2.24) is 19.5 Å². The quantitative estimate of drug-likeness (QED) is 0.896. The number of fused-ring (bicyclic) bond motifs is 1. The highest BCUT2D eigenvalue weighted by atomic mass is 15.3. The Bertz CT molecular complexity index is 562. The summed E-state index contributed by atoms with van der Waals surface area (Å²) in [5.41, 5.74) is 7.65. The first-order chi connectivity index (χ1) is 9.24. The van der Waals surface area contributed by atoms with E-state index in [1.165, 1.54) is 19.4 Å². The van der Waals surface area contributed by atoms with Crippen LogP contribution in [0, 0.1) is 5.92 Å². The van der Waals surface area contributed by atoms with Crippen LogP contribution in [-0.2, 0) is 13.0 Å². The summed E-state index contributed by atoms with van der Waals surface area (Å²) in [7, 11) is 2.19. The number of hydrogen-bond donors (Lipinski definition) is 1. The van der Waals surface area contributed by atoms with Gasteiger partial charge in [0.1, 0.15) is 0 Å². The molecule has 1 aliphatic heterocycles. The Labute approximate surface area is 113 Å². The molecule has 19 heavy (non-hydrogen) atoms. The lowest BCUT2D eigenvalue weighted by Crippen LogP contribution is -2.33. The summed E-state index contributed by atoms with van der Waals surface area (Å²) in [6.07, 6.45) is 5.49. The van der Waals surface area contributed by atoms with E-state index in [0.717, 1.165) is 30.0 Å². The molecule has 0 amide bonds. The molecule has 0 spiro atoms. The highest BCUT2D eigenvalue weighted by Crippen LogP contribution is 2.18. The van der Waals surface area contributed by atoms with Crippen molar-refractivity contribution in [3.05, 3.63) is 29.7 Å². The van der Waals surface area contributed by atoms with E-state index >= 15 is 0 Å². The predicted octanol–water partition coefficient (Wildman–Crippen LogP) is 1.07. The van der Waals surface area contributed by atoms with E-state index in [2.05, 4.69) is 22.0 Å². The summed E-state index contributed by atoms with van der Waals surface area (Å²) < 4.78 is 1.85. The normalized spacial score (nSPS) is 21.1. The first-order valence-corrected chi connectivity index (χ1v) is 6.97. The fourth-order valence-electron chi connectivity index (χ4n) is 2.88. The van der Waals surface area contributed by atoms with Crippen molar-refractivity contribution < 1.29 is 0 Å². The predicted molar refractivity (Wildman–Crippen MR) is 74.8 cm³/mol. The average molecular weight is 259 g/mol. The number of pyridine rings is 1. The Morgan fingerprint density at radius 3 is 3.16 bits per heavy atom. The Kier molecular flexibility index (Phi) is 3.48. The molecule has 3 heterocycles. The van der Waals surface area contributed by atoms with E-state index in [1.54, 1.807) is 0 Å². The van der Waals surface area contributed by atoms with Gasteiger partial charge in [0.2, 0.25) is 0 Å². The molecular weight excluding hydrogens is 238 g/mol. The van der Waals surface area contributed by atoms with E-state index in [4.69, 9.17) is 5.73 Å². The number of likely N-dealkylation sites (tertiary alicyclic amines) is 1. The molecule has 2 aromatic rings. The fourth-order valence-corrected chi connectivity index (χ4v) is 2.88. The number of nitrogens with two attached hydrogens (primary N) is 1. The summed E-state index contributed by atoms with van der Waals surface area (Å²) >= 11 is 0. The Hall–Kier alpha value is -1.46. The van der Waals surface area contributed by atoms with E-state index in [1.807, 2.05) is 22.8 Å². The summed E-state index contributed by atoms with van der Waals surface area (Å²) in [6.45, 7) is 2.92. The maximum absolute atomic E-state index is 5.65. The molecule has 1 unspecified atom stereocenters. The van der Waals surface area contributed by atoms with Gasteiger partial charge in [-0.3, -0.25) is 0 Å². The van der Waals surface area contributed by atoms with Crippen molar-refractivity contribution in [2.45, 2.75) is 25.8 Å². The van der Waals surface area contributed by atoms with Gasteiger partial charge >= 0.3 is 0 Å². The number of aromatic nitrogens is 3. The minimum absolute atomic E-state index is 0.548. The van der Waals surface area contributed by atoms with Crippen molar-refractivity contribution in [2.75, 3.05) is 20.1 Å². The van der Waals surface area contributed by atoms with Crippen molar-refractivity contribution in [3.63, 3.8) is 0 Å². The van der Waals surface area contributed by atoms with Crippen molar-refractivity contribution in [2.24, 2.45) is 11.7 Å². The minimum atomic E-state index is 0.548. The smallest absolute Gasteiger partial charge is 0.155 e. The first-order valence-electron chi connectivity index (χ1n) is 6.97. The molecule has 3 rings (SSSR count). The minimum Gasteiger partial charge on any atom is -0.326 e. The van der Waals surface area contributed by atoms with Gasteiger partial charge in [-0.25, -0.2) is 9.50 Å². The maximum atomic E-state index is 5.65. The average Bonchev–Trinajstić information content (AvgIpc) is 2.79. The van der Waals surface area contributed by atoms with Crippen LogP contribution in [0.2, 0.25) is 0 Å². The van der Waals surface area contributed by atoms with Crippen LogP contribution in [0.4, 0.5) is 0 Å². The lowest BCUT2D eigenvalue weighted by atomic mass is 9.95. The van der Waals surface area contributed by atoms with Crippen LogP contribution in [0.15, 0.2) is 18.3 Å². The van der Waals surface area contributed by atoms with Gasteiger partial charge in [0.25, 0.3) is 0 Å². The topological polar surface area (TPSA) is 59.5 Å². The Morgan fingerprint density at radius 2 is 2.37 bits per heavy atom. The molecule has 0 saturated carbocycles. The van der Waals surface area contributed by atoms with Gasteiger partial charge in [-0.05, 0) is 50.0 Å². The number of rotatable bonds is 3. The summed E-state index contributed by atoms with van der Waals surface area (Å²) in [5.74, 6) is 1.64. The zero-order valence-corrected chi connectivity index (χ0v) is 11.4. The molecule has 2 N–H and O–H groups in total. The largest absolute Gasteiger partial charge is 0.326 e. The second-order valence-corrected chi connectivity index (χ2v) is 5.54. The van der Waals surface area contributed by atoms with Crippen LogP contribution in [-0.4, -0.2) is 39.6 Å². The molecular formula is C14H21N5. The number of nitrogens with zero attached hydrogens (tertiary/aromatic N) is 4. The van der Waals surface area contributed by atoms with Crippen LogP contribution in [0.5, 0.6) is 0 Å². The van der Waals surface area contributed by atoms with Gasteiger partial charge in [-0.15, -0.1) is 0 Å². The monoisotopic (exact) mass is 259 g/mol.